The second kappa shape index (κ2) is 3.81. The molecule has 0 aliphatic heterocycles. The molecular formula is C8H13NO2. The SMILES string of the molecule is C=C(C)OC(C)=C(C)C(N)=O. The van der Waals surface area contributed by atoms with Gasteiger partial charge < -0.3 is 10.5 Å². The van der Waals surface area contributed by atoms with E-state index in [1.165, 1.54) is 0 Å². The van der Waals surface area contributed by atoms with E-state index >= 15 is 0 Å². The molecule has 0 saturated heterocycles. The topological polar surface area (TPSA) is 52.3 Å². The van der Waals surface area contributed by atoms with Crippen LogP contribution < -0.4 is 5.73 Å². The van der Waals surface area contributed by atoms with E-state index in [0.717, 1.165) is 0 Å². The predicted octanol–water partition coefficient (Wildman–Crippen LogP) is 1.32. The Bertz CT molecular complexity index is 216. The van der Waals surface area contributed by atoms with E-state index in [0.29, 0.717) is 17.1 Å². The Labute approximate surface area is 66.5 Å². The Balaban J connectivity index is 4.40. The third kappa shape index (κ3) is 3.45. The Morgan fingerprint density at radius 3 is 2.09 bits per heavy atom. The number of ether oxygens (including phenoxy) is 1. The van der Waals surface area contributed by atoms with Crippen molar-refractivity contribution in [1.82, 2.24) is 0 Å². The van der Waals surface area contributed by atoms with Crippen LogP contribution >= 0.6 is 0 Å². The highest BCUT2D eigenvalue weighted by molar-refractivity contribution is 5.91. The summed E-state index contributed by atoms with van der Waals surface area (Å²) in [6.45, 7) is 8.52. The van der Waals surface area contributed by atoms with Crippen LogP contribution in [0.15, 0.2) is 23.7 Å². The van der Waals surface area contributed by atoms with Crippen molar-refractivity contribution in [3.8, 4) is 0 Å². The smallest absolute Gasteiger partial charge is 0.247 e. The first-order chi connectivity index (χ1) is 4.95. The first-order valence-corrected chi connectivity index (χ1v) is 3.25. The molecule has 0 aromatic heterocycles. The van der Waals surface area contributed by atoms with E-state index in [4.69, 9.17) is 10.5 Å². The summed E-state index contributed by atoms with van der Waals surface area (Å²) in [5.74, 6) is 0.580. The maximum absolute atomic E-state index is 10.6. The normalized spacial score (nSPS) is 11.9. The fourth-order valence-electron chi connectivity index (χ4n) is 0.511. The molecular weight excluding hydrogens is 142 g/mol. The highest BCUT2D eigenvalue weighted by Crippen LogP contribution is 2.07. The first kappa shape index (κ1) is 9.75. The van der Waals surface area contributed by atoms with E-state index in [1.807, 2.05) is 0 Å². The summed E-state index contributed by atoms with van der Waals surface area (Å²) >= 11 is 0. The fourth-order valence-corrected chi connectivity index (χ4v) is 0.511. The van der Waals surface area contributed by atoms with Crippen molar-refractivity contribution in [3.05, 3.63) is 23.7 Å². The van der Waals surface area contributed by atoms with Crippen molar-refractivity contribution >= 4 is 5.91 Å². The Morgan fingerprint density at radius 2 is 1.82 bits per heavy atom. The van der Waals surface area contributed by atoms with Crippen LogP contribution in [0, 0.1) is 0 Å². The van der Waals surface area contributed by atoms with Gasteiger partial charge in [-0.1, -0.05) is 6.58 Å². The number of nitrogens with two attached hydrogens (primary N) is 1. The number of carbonyl (C=O) groups is 1. The van der Waals surface area contributed by atoms with Gasteiger partial charge in [0.05, 0.1) is 11.3 Å². The molecule has 0 aliphatic rings. The molecule has 0 aromatic carbocycles. The molecule has 0 spiro atoms. The Hall–Kier alpha value is -1.25. The average molecular weight is 155 g/mol. The molecule has 0 heterocycles. The average Bonchev–Trinajstić information content (AvgIpc) is 1.84. The number of allylic oxidation sites excluding steroid dienone is 2. The number of rotatable bonds is 3. The zero-order valence-corrected chi connectivity index (χ0v) is 7.10. The van der Waals surface area contributed by atoms with Crippen LogP contribution in [0.1, 0.15) is 20.8 Å². The molecule has 2 N–H and O–H groups in total. The summed E-state index contributed by atoms with van der Waals surface area (Å²) in [6.07, 6.45) is 0. The summed E-state index contributed by atoms with van der Waals surface area (Å²) < 4.78 is 5.06. The number of primary amides is 1. The van der Waals surface area contributed by atoms with Crippen LogP contribution in [0.2, 0.25) is 0 Å². The van der Waals surface area contributed by atoms with E-state index < -0.39 is 5.91 Å². The Kier molecular flexibility index (Phi) is 3.37. The van der Waals surface area contributed by atoms with Crippen molar-refractivity contribution in [2.75, 3.05) is 0 Å². The minimum absolute atomic E-state index is 0.424. The second-order valence-electron chi connectivity index (χ2n) is 2.35. The van der Waals surface area contributed by atoms with Crippen LogP contribution in [-0.4, -0.2) is 5.91 Å². The first-order valence-electron chi connectivity index (χ1n) is 3.25. The Morgan fingerprint density at radius 1 is 1.36 bits per heavy atom. The van der Waals surface area contributed by atoms with Gasteiger partial charge in [-0.15, -0.1) is 0 Å². The maximum Gasteiger partial charge on any atom is 0.247 e. The molecule has 0 fully saturated rings. The van der Waals surface area contributed by atoms with Gasteiger partial charge in [0, 0.05) is 0 Å². The molecule has 1 amide bonds. The molecule has 0 radical (unpaired) electrons. The standard InChI is InChI=1S/C8H13NO2/c1-5(2)11-7(4)6(3)8(9)10/h1H2,2-4H3,(H2,9,10). The van der Waals surface area contributed by atoms with Crippen LogP contribution in [0.4, 0.5) is 0 Å². The number of carbonyl (C=O) groups excluding carboxylic acids is 1. The van der Waals surface area contributed by atoms with Gasteiger partial charge in [0.25, 0.3) is 0 Å². The second-order valence-corrected chi connectivity index (χ2v) is 2.35. The minimum Gasteiger partial charge on any atom is -0.467 e. The van der Waals surface area contributed by atoms with E-state index in [9.17, 15) is 4.79 Å². The van der Waals surface area contributed by atoms with Gasteiger partial charge in [-0.3, -0.25) is 4.79 Å². The molecule has 0 aromatic rings. The quantitative estimate of drug-likeness (QED) is 0.493. The van der Waals surface area contributed by atoms with Crippen LogP contribution in [-0.2, 0) is 9.53 Å². The molecule has 3 heteroatoms. The summed E-state index contributed by atoms with van der Waals surface area (Å²) in [7, 11) is 0. The lowest BCUT2D eigenvalue weighted by Crippen LogP contribution is -2.13. The van der Waals surface area contributed by atoms with Gasteiger partial charge in [-0.2, -0.15) is 0 Å². The van der Waals surface area contributed by atoms with Crippen molar-refractivity contribution in [3.63, 3.8) is 0 Å². The highest BCUT2D eigenvalue weighted by Gasteiger charge is 2.03. The molecule has 11 heavy (non-hydrogen) atoms. The van der Waals surface area contributed by atoms with E-state index in [-0.39, 0.29) is 0 Å². The molecule has 0 bridgehead atoms. The van der Waals surface area contributed by atoms with Crippen LogP contribution in [0.25, 0.3) is 0 Å². The summed E-state index contributed by atoms with van der Waals surface area (Å²) in [6, 6.07) is 0. The predicted molar refractivity (Wildman–Crippen MR) is 43.5 cm³/mol. The molecule has 0 rings (SSSR count). The molecule has 0 atom stereocenters. The van der Waals surface area contributed by atoms with Gasteiger partial charge in [-0.25, -0.2) is 0 Å². The van der Waals surface area contributed by atoms with Gasteiger partial charge in [0.2, 0.25) is 5.91 Å². The molecule has 0 aliphatic carbocycles. The molecule has 0 saturated carbocycles. The van der Waals surface area contributed by atoms with Crippen molar-refractivity contribution in [2.24, 2.45) is 5.73 Å². The third-order valence-corrected chi connectivity index (χ3v) is 1.23. The van der Waals surface area contributed by atoms with E-state index in [1.54, 1.807) is 20.8 Å². The van der Waals surface area contributed by atoms with Crippen molar-refractivity contribution in [2.45, 2.75) is 20.8 Å². The lowest BCUT2D eigenvalue weighted by Gasteiger charge is -2.06. The summed E-state index contributed by atoms with van der Waals surface area (Å²) in [4.78, 5) is 10.6. The largest absolute Gasteiger partial charge is 0.467 e. The molecule has 62 valence electrons. The van der Waals surface area contributed by atoms with Crippen LogP contribution in [0.3, 0.4) is 0 Å². The van der Waals surface area contributed by atoms with Gasteiger partial charge in [-0.05, 0) is 20.8 Å². The summed E-state index contributed by atoms with van der Waals surface area (Å²) in [5, 5.41) is 0. The zero-order valence-electron chi connectivity index (χ0n) is 7.10. The van der Waals surface area contributed by atoms with E-state index in [2.05, 4.69) is 6.58 Å². The number of hydrogen-bond acceptors (Lipinski definition) is 2. The van der Waals surface area contributed by atoms with Crippen LogP contribution in [0.5, 0.6) is 0 Å². The van der Waals surface area contributed by atoms with Crippen molar-refractivity contribution < 1.29 is 9.53 Å². The molecule has 3 nitrogen and oxygen atoms in total. The van der Waals surface area contributed by atoms with Gasteiger partial charge in [0.1, 0.15) is 5.76 Å². The van der Waals surface area contributed by atoms with Crippen molar-refractivity contribution in [1.29, 1.82) is 0 Å². The fraction of sp³-hybridized carbons (Fsp3) is 0.375. The minimum atomic E-state index is -0.469. The van der Waals surface area contributed by atoms with Gasteiger partial charge >= 0.3 is 0 Å². The monoisotopic (exact) mass is 155 g/mol. The zero-order chi connectivity index (χ0) is 9.02. The maximum atomic E-state index is 10.6. The lowest BCUT2D eigenvalue weighted by atomic mass is 10.2. The van der Waals surface area contributed by atoms with Gasteiger partial charge in [0.15, 0.2) is 0 Å². The highest BCUT2D eigenvalue weighted by atomic mass is 16.5. The summed E-state index contributed by atoms with van der Waals surface area (Å²) in [5.41, 5.74) is 5.43. The number of hydrogen-bond donors (Lipinski definition) is 1. The third-order valence-electron chi connectivity index (χ3n) is 1.23. The lowest BCUT2D eigenvalue weighted by molar-refractivity contribution is -0.114. The number of amides is 1. The molecule has 0 unspecified atom stereocenters.